The number of hydrogen-bond acceptors (Lipinski definition) is 8. The topological polar surface area (TPSA) is 120 Å². The lowest BCUT2D eigenvalue weighted by atomic mass is 10.0. The zero-order valence-electron chi connectivity index (χ0n) is 18.3. The molecule has 1 saturated heterocycles. The molecule has 0 saturated carbocycles. The van der Waals surface area contributed by atoms with Crippen LogP contribution in [-0.4, -0.2) is 59.7 Å². The normalized spacial score (nSPS) is 23.1. The van der Waals surface area contributed by atoms with Crippen LogP contribution in [0, 0.1) is 18.7 Å². The molecule has 10 nitrogen and oxygen atoms in total. The molecule has 1 aromatic carbocycles. The molecule has 0 radical (unpaired) electrons. The van der Waals surface area contributed by atoms with Gasteiger partial charge in [0, 0.05) is 12.2 Å². The standard InChI is InChI=1S/C22H22FN3O7/c1-4-31-22(30)16-12-6-25(7-14(12)33-24-16)18-13(23)5-11-17-20(18)32-8-9(2)26(17)10(3)15(19(11)27)21(28)29/h5,9,12,14H,4,6-8H2,1-3H3,(H,28,29). The Morgan fingerprint density at radius 2 is 2.12 bits per heavy atom. The first kappa shape index (κ1) is 21.2. The molecule has 2 aromatic rings. The van der Waals surface area contributed by atoms with Gasteiger partial charge in [-0.15, -0.1) is 0 Å². The van der Waals surface area contributed by atoms with Gasteiger partial charge in [-0.1, -0.05) is 5.16 Å². The zero-order chi connectivity index (χ0) is 23.6. The van der Waals surface area contributed by atoms with Crippen molar-refractivity contribution in [2.45, 2.75) is 32.9 Å². The van der Waals surface area contributed by atoms with Gasteiger partial charge in [0.05, 0.1) is 36.0 Å². The summed E-state index contributed by atoms with van der Waals surface area (Å²) in [5, 5.41) is 13.4. The van der Waals surface area contributed by atoms with E-state index in [1.54, 1.807) is 23.3 Å². The van der Waals surface area contributed by atoms with Crippen molar-refractivity contribution in [1.82, 2.24) is 4.57 Å². The van der Waals surface area contributed by atoms with Crippen LogP contribution in [0.2, 0.25) is 0 Å². The largest absolute Gasteiger partial charge is 0.487 e. The molecular weight excluding hydrogens is 437 g/mol. The average Bonchev–Trinajstić information content (AvgIpc) is 3.33. The minimum atomic E-state index is -1.36. The average molecular weight is 459 g/mol. The van der Waals surface area contributed by atoms with Crippen molar-refractivity contribution in [1.29, 1.82) is 0 Å². The summed E-state index contributed by atoms with van der Waals surface area (Å²) in [6.45, 7) is 5.96. The van der Waals surface area contributed by atoms with E-state index in [-0.39, 0.29) is 66.1 Å². The van der Waals surface area contributed by atoms with Gasteiger partial charge in [-0.05, 0) is 26.8 Å². The number of rotatable bonds is 4. The molecule has 33 heavy (non-hydrogen) atoms. The number of oxime groups is 1. The van der Waals surface area contributed by atoms with Gasteiger partial charge in [-0.25, -0.2) is 14.0 Å². The van der Waals surface area contributed by atoms with Gasteiger partial charge in [0.15, 0.2) is 23.4 Å². The predicted molar refractivity (Wildman–Crippen MR) is 115 cm³/mol. The van der Waals surface area contributed by atoms with Gasteiger partial charge in [0.1, 0.15) is 17.9 Å². The quantitative estimate of drug-likeness (QED) is 0.688. The third-order valence-electron chi connectivity index (χ3n) is 6.45. The van der Waals surface area contributed by atoms with Crippen LogP contribution in [0.1, 0.15) is 35.9 Å². The van der Waals surface area contributed by atoms with Crippen LogP contribution in [0.15, 0.2) is 16.0 Å². The zero-order valence-corrected chi connectivity index (χ0v) is 18.3. The summed E-state index contributed by atoms with van der Waals surface area (Å²) in [7, 11) is 0. The SMILES string of the molecule is CCOC(=O)C1=NOC2CN(c3c(F)cc4c(=O)c(C(=O)O)c(C)n5c4c3OCC5C)CC12. The molecule has 3 atom stereocenters. The molecular formula is C22H22FN3O7. The number of carbonyl (C=O) groups is 2. The molecule has 3 aliphatic rings. The lowest BCUT2D eigenvalue weighted by molar-refractivity contribution is -0.135. The summed E-state index contributed by atoms with van der Waals surface area (Å²) in [4.78, 5) is 44.0. The molecule has 1 fully saturated rings. The summed E-state index contributed by atoms with van der Waals surface area (Å²) in [5.41, 5.74) is -0.190. The summed E-state index contributed by atoms with van der Waals surface area (Å²) >= 11 is 0. The highest BCUT2D eigenvalue weighted by Gasteiger charge is 2.47. The maximum absolute atomic E-state index is 15.5. The van der Waals surface area contributed by atoms with Crippen LogP contribution in [0.25, 0.3) is 10.9 Å². The first-order valence-corrected chi connectivity index (χ1v) is 10.7. The van der Waals surface area contributed by atoms with E-state index in [0.29, 0.717) is 5.52 Å². The van der Waals surface area contributed by atoms with E-state index in [4.69, 9.17) is 14.3 Å². The monoisotopic (exact) mass is 459 g/mol. The number of aromatic carboxylic acids is 1. The van der Waals surface area contributed by atoms with Crippen LogP contribution in [0.5, 0.6) is 5.75 Å². The highest BCUT2D eigenvalue weighted by molar-refractivity contribution is 6.37. The maximum Gasteiger partial charge on any atom is 0.356 e. The number of fused-ring (bicyclic) bond motifs is 1. The number of carbonyl (C=O) groups excluding carboxylic acids is 1. The molecule has 4 heterocycles. The van der Waals surface area contributed by atoms with Crippen molar-refractivity contribution >= 4 is 34.2 Å². The van der Waals surface area contributed by atoms with Crippen LogP contribution < -0.4 is 15.1 Å². The summed E-state index contributed by atoms with van der Waals surface area (Å²) in [6, 6.07) is 0.802. The van der Waals surface area contributed by atoms with E-state index in [1.807, 2.05) is 6.92 Å². The highest BCUT2D eigenvalue weighted by Crippen LogP contribution is 2.44. The second kappa shape index (κ2) is 7.46. The van der Waals surface area contributed by atoms with Gasteiger partial charge in [0.25, 0.3) is 0 Å². The minimum absolute atomic E-state index is 0.0507. The Kier molecular flexibility index (Phi) is 4.80. The number of carboxylic acid groups (broad SMARTS) is 1. The Bertz CT molecular complexity index is 1300. The van der Waals surface area contributed by atoms with E-state index >= 15 is 4.39 Å². The number of aromatic nitrogens is 1. The third kappa shape index (κ3) is 2.98. The van der Waals surface area contributed by atoms with E-state index < -0.39 is 35.2 Å². The Morgan fingerprint density at radius 3 is 2.82 bits per heavy atom. The number of esters is 1. The van der Waals surface area contributed by atoms with Crippen LogP contribution >= 0.6 is 0 Å². The molecule has 3 aliphatic heterocycles. The number of hydrogen-bond donors (Lipinski definition) is 1. The Balaban J connectivity index is 1.65. The van der Waals surface area contributed by atoms with E-state index in [0.717, 1.165) is 6.07 Å². The first-order valence-electron chi connectivity index (χ1n) is 10.7. The number of benzene rings is 1. The fraction of sp³-hybridized carbons (Fsp3) is 0.455. The third-order valence-corrected chi connectivity index (χ3v) is 6.45. The van der Waals surface area contributed by atoms with Crippen molar-refractivity contribution in [3.63, 3.8) is 0 Å². The fourth-order valence-electron chi connectivity index (χ4n) is 5.03. The predicted octanol–water partition coefficient (Wildman–Crippen LogP) is 1.85. The smallest absolute Gasteiger partial charge is 0.356 e. The molecule has 1 N–H and O–H groups in total. The van der Waals surface area contributed by atoms with Crippen LogP contribution in [0.3, 0.4) is 0 Å². The van der Waals surface area contributed by atoms with Gasteiger partial charge < -0.3 is 28.9 Å². The summed E-state index contributed by atoms with van der Waals surface area (Å²) < 4.78 is 28.1. The fourth-order valence-corrected chi connectivity index (χ4v) is 5.03. The van der Waals surface area contributed by atoms with Crippen LogP contribution in [-0.2, 0) is 14.4 Å². The molecule has 11 heteroatoms. The first-order chi connectivity index (χ1) is 15.7. The highest BCUT2D eigenvalue weighted by atomic mass is 19.1. The molecule has 0 spiro atoms. The van der Waals surface area contributed by atoms with Gasteiger partial charge in [-0.2, -0.15) is 0 Å². The number of halogens is 1. The van der Waals surface area contributed by atoms with Crippen molar-refractivity contribution in [3.05, 3.63) is 33.4 Å². The molecule has 5 rings (SSSR count). The molecule has 0 amide bonds. The van der Waals surface area contributed by atoms with Gasteiger partial charge >= 0.3 is 11.9 Å². The number of carboxylic acids is 1. The van der Waals surface area contributed by atoms with E-state index in [9.17, 15) is 19.5 Å². The minimum Gasteiger partial charge on any atom is -0.487 e. The number of pyridine rings is 1. The van der Waals surface area contributed by atoms with Crippen molar-refractivity contribution in [3.8, 4) is 5.75 Å². The van der Waals surface area contributed by atoms with Gasteiger partial charge in [0.2, 0.25) is 5.43 Å². The Labute approximate surface area is 187 Å². The lowest BCUT2D eigenvalue weighted by Crippen LogP contribution is -2.32. The summed E-state index contributed by atoms with van der Waals surface area (Å²) in [5.74, 6) is -2.86. The van der Waals surface area contributed by atoms with Crippen molar-refractivity contribution in [2.24, 2.45) is 11.1 Å². The second-order valence-corrected chi connectivity index (χ2v) is 8.41. The van der Waals surface area contributed by atoms with E-state index in [1.165, 1.54) is 0 Å². The van der Waals surface area contributed by atoms with E-state index in [2.05, 4.69) is 5.16 Å². The number of anilines is 1. The van der Waals surface area contributed by atoms with Gasteiger partial charge in [-0.3, -0.25) is 4.79 Å². The molecule has 3 unspecified atom stereocenters. The van der Waals surface area contributed by atoms with Crippen molar-refractivity contribution in [2.75, 3.05) is 31.2 Å². The molecule has 0 bridgehead atoms. The molecule has 174 valence electrons. The second-order valence-electron chi connectivity index (χ2n) is 8.41. The van der Waals surface area contributed by atoms with Crippen LogP contribution in [0.4, 0.5) is 10.1 Å². The number of ether oxygens (including phenoxy) is 2. The number of nitrogens with zero attached hydrogens (tertiary/aromatic N) is 3. The maximum atomic E-state index is 15.5. The molecule has 0 aliphatic carbocycles. The summed E-state index contributed by atoms with van der Waals surface area (Å²) in [6.07, 6.45) is -0.451. The van der Waals surface area contributed by atoms with Crippen molar-refractivity contribution < 1.29 is 33.4 Å². The Hall–Kier alpha value is -3.63. The Morgan fingerprint density at radius 1 is 1.36 bits per heavy atom. The molecule has 1 aromatic heterocycles. The lowest BCUT2D eigenvalue weighted by Gasteiger charge is -2.32.